The first-order chi connectivity index (χ1) is 21.2. The molecule has 232 valence electrons. The average molecular weight is 610 g/mol. The molecule has 1 atom stereocenters. The lowest BCUT2D eigenvalue weighted by molar-refractivity contribution is -0.141. The van der Waals surface area contributed by atoms with Crippen LogP contribution in [0.15, 0.2) is 43.1 Å². The first kappa shape index (κ1) is 30.0. The third kappa shape index (κ3) is 6.12. The summed E-state index contributed by atoms with van der Waals surface area (Å²) in [4.78, 5) is 17.9. The van der Waals surface area contributed by atoms with E-state index in [4.69, 9.17) is 4.74 Å². The van der Waals surface area contributed by atoms with E-state index in [0.717, 1.165) is 54.3 Å². The van der Waals surface area contributed by atoms with Gasteiger partial charge in [-0.2, -0.15) is 23.5 Å². The number of pyridine rings is 1. The van der Waals surface area contributed by atoms with Gasteiger partial charge in [0.15, 0.2) is 0 Å². The van der Waals surface area contributed by atoms with Crippen LogP contribution >= 0.6 is 0 Å². The van der Waals surface area contributed by atoms with Crippen LogP contribution in [-0.4, -0.2) is 77.6 Å². The largest absolute Gasteiger partial charge is 0.474 e. The molecule has 6 rings (SSSR count). The van der Waals surface area contributed by atoms with E-state index >= 15 is 0 Å². The van der Waals surface area contributed by atoms with E-state index in [1.165, 1.54) is 12.4 Å². The summed E-state index contributed by atoms with van der Waals surface area (Å²) in [7, 11) is 0. The Labute approximate surface area is 252 Å². The number of aromatic nitrogens is 6. The summed E-state index contributed by atoms with van der Waals surface area (Å²) in [6.45, 7) is 3.24. The number of alkyl halides is 3. The summed E-state index contributed by atoms with van der Waals surface area (Å²) >= 11 is 0. The fraction of sp³-hybridized carbons (Fsp3) is 0.500. The topological polar surface area (TPSA) is 141 Å². The number of ether oxygens (including phenoxy) is 1. The predicted molar refractivity (Wildman–Crippen MR) is 154 cm³/mol. The number of halogens is 3. The van der Waals surface area contributed by atoms with Crippen LogP contribution < -0.4 is 10.1 Å². The van der Waals surface area contributed by atoms with Gasteiger partial charge in [-0.1, -0.05) is 0 Å². The smallest absolute Gasteiger partial charge is 0.433 e. The summed E-state index contributed by atoms with van der Waals surface area (Å²) in [5.41, 5.74) is 1.38. The number of hydrogen-bond acceptors (Lipinski definition) is 9. The van der Waals surface area contributed by atoms with Gasteiger partial charge in [-0.3, -0.25) is 9.58 Å². The molecule has 4 aromatic heterocycles. The zero-order valence-electron chi connectivity index (χ0n) is 24.3. The van der Waals surface area contributed by atoms with Gasteiger partial charge in [-0.25, -0.2) is 15.0 Å². The van der Waals surface area contributed by atoms with Crippen LogP contribution in [0, 0.1) is 11.3 Å². The van der Waals surface area contributed by atoms with Crippen molar-refractivity contribution in [2.75, 3.05) is 19.7 Å². The minimum Gasteiger partial charge on any atom is -0.474 e. The Bertz CT molecular complexity index is 1630. The van der Waals surface area contributed by atoms with E-state index < -0.39 is 17.4 Å². The molecule has 2 fully saturated rings. The van der Waals surface area contributed by atoms with Crippen LogP contribution in [0.2, 0.25) is 0 Å². The van der Waals surface area contributed by atoms with Crippen molar-refractivity contribution in [2.24, 2.45) is 0 Å². The maximum Gasteiger partial charge on any atom is 0.433 e. The van der Waals surface area contributed by atoms with E-state index in [-0.39, 0.29) is 37.2 Å². The molecule has 1 saturated heterocycles. The van der Waals surface area contributed by atoms with E-state index in [9.17, 15) is 23.5 Å². The molecular formula is C30H34F3N9O2. The Morgan fingerprint density at radius 1 is 1.25 bits per heavy atom. The Morgan fingerprint density at radius 2 is 2.05 bits per heavy atom. The third-order valence-corrected chi connectivity index (χ3v) is 8.70. The molecule has 1 saturated carbocycles. The third-order valence-electron chi connectivity index (χ3n) is 8.70. The molecule has 3 N–H and O–H groups in total. The number of aliphatic hydroxyl groups is 1. The van der Waals surface area contributed by atoms with Crippen molar-refractivity contribution >= 4 is 11.0 Å². The zero-order valence-corrected chi connectivity index (χ0v) is 24.3. The fourth-order valence-corrected chi connectivity index (χ4v) is 6.20. The number of hydrogen-bond donors (Lipinski definition) is 3. The molecule has 5 heterocycles. The van der Waals surface area contributed by atoms with Crippen LogP contribution in [0.25, 0.3) is 22.3 Å². The standard InChI is InChI=1S/C30H34F3N9O2/c1-19(17-43)36-14-20-10-25(30(31,32)33)40-26(11-20)44-23-3-8-41(9-4-23)22-12-29(13-22,5-6-34)42-16-21(15-39-42)27-24-2-7-35-28(24)38-18-37-27/h2,7,10-11,15-16,18-19,22-23,36,43H,3-5,8-9,12-14,17H2,1H3,(H,35,37,38)/t19-,22-,29+/m1/s1. The molecule has 0 spiro atoms. The van der Waals surface area contributed by atoms with Crippen molar-refractivity contribution in [1.82, 2.24) is 39.9 Å². The fourth-order valence-electron chi connectivity index (χ4n) is 6.20. The van der Waals surface area contributed by atoms with Crippen LogP contribution in [0.5, 0.6) is 5.88 Å². The number of piperidine rings is 1. The molecule has 1 aliphatic carbocycles. The minimum atomic E-state index is -4.60. The van der Waals surface area contributed by atoms with Crippen LogP contribution in [0.1, 0.15) is 50.3 Å². The van der Waals surface area contributed by atoms with Crippen molar-refractivity contribution < 1.29 is 23.0 Å². The summed E-state index contributed by atoms with van der Waals surface area (Å²) in [5, 5.41) is 27.4. The second-order valence-electron chi connectivity index (χ2n) is 11.8. The molecule has 1 aliphatic heterocycles. The van der Waals surface area contributed by atoms with Gasteiger partial charge in [0, 0.05) is 61.1 Å². The second kappa shape index (κ2) is 12.1. The molecule has 2 aliphatic rings. The quantitative estimate of drug-likeness (QED) is 0.243. The van der Waals surface area contributed by atoms with Crippen LogP contribution in [-0.2, 0) is 18.3 Å². The number of rotatable bonds is 10. The summed E-state index contributed by atoms with van der Waals surface area (Å²) in [5.74, 6) is -0.0431. The van der Waals surface area contributed by atoms with E-state index in [1.807, 2.05) is 23.1 Å². The number of nitriles is 1. The Kier molecular flexibility index (Phi) is 8.28. The van der Waals surface area contributed by atoms with Gasteiger partial charge in [0.25, 0.3) is 0 Å². The number of H-pyrrole nitrogens is 1. The first-order valence-corrected chi connectivity index (χ1v) is 14.7. The van der Waals surface area contributed by atoms with Crippen molar-refractivity contribution in [3.8, 4) is 23.2 Å². The lowest BCUT2D eigenvalue weighted by Gasteiger charge is -2.52. The first-order valence-electron chi connectivity index (χ1n) is 14.7. The number of likely N-dealkylation sites (tertiary alicyclic amines) is 1. The van der Waals surface area contributed by atoms with Gasteiger partial charge in [0.1, 0.15) is 23.8 Å². The molecule has 0 amide bonds. The predicted octanol–water partition coefficient (Wildman–Crippen LogP) is 4.02. The molecule has 14 heteroatoms. The van der Waals surface area contributed by atoms with Gasteiger partial charge in [-0.15, -0.1) is 0 Å². The number of nitrogens with one attached hydrogen (secondary N) is 2. The van der Waals surface area contributed by atoms with E-state index in [2.05, 4.69) is 41.3 Å². The van der Waals surface area contributed by atoms with Crippen molar-refractivity contribution in [3.05, 3.63) is 54.4 Å². The Balaban J connectivity index is 1.08. The maximum absolute atomic E-state index is 13.5. The highest BCUT2D eigenvalue weighted by molar-refractivity contribution is 5.90. The van der Waals surface area contributed by atoms with E-state index in [1.54, 1.807) is 13.1 Å². The van der Waals surface area contributed by atoms with Crippen molar-refractivity contribution in [2.45, 2.75) is 75.5 Å². The summed E-state index contributed by atoms with van der Waals surface area (Å²) < 4.78 is 48.5. The Hall–Kier alpha value is -4.06. The Morgan fingerprint density at radius 3 is 2.77 bits per heavy atom. The maximum atomic E-state index is 13.5. The number of aliphatic hydroxyl groups excluding tert-OH is 1. The lowest BCUT2D eigenvalue weighted by atomic mass is 9.69. The molecule has 44 heavy (non-hydrogen) atoms. The number of nitrogens with zero attached hydrogens (tertiary/aromatic N) is 7. The summed E-state index contributed by atoms with van der Waals surface area (Å²) in [6.07, 6.45) is 5.41. The normalized spacial score (nSPS) is 22.0. The SMILES string of the molecule is C[C@H](CO)NCc1cc(OC2CCN([C@H]3C[C@@](CC#N)(n4cc(-c5ncnc6[nH]ccc56)cn4)C3)CC2)nc(C(F)(F)F)c1. The van der Waals surface area contributed by atoms with E-state index in [0.29, 0.717) is 24.8 Å². The minimum absolute atomic E-state index is 0.0431. The van der Waals surface area contributed by atoms with Crippen LogP contribution in [0.4, 0.5) is 13.2 Å². The highest BCUT2D eigenvalue weighted by Crippen LogP contribution is 2.45. The molecule has 0 unspecified atom stereocenters. The average Bonchev–Trinajstić information content (AvgIpc) is 3.68. The molecule has 4 aromatic rings. The molecule has 0 radical (unpaired) electrons. The monoisotopic (exact) mass is 609 g/mol. The van der Waals surface area contributed by atoms with Crippen LogP contribution in [0.3, 0.4) is 0 Å². The van der Waals surface area contributed by atoms with Gasteiger partial charge in [0.2, 0.25) is 5.88 Å². The molecule has 11 nitrogen and oxygen atoms in total. The number of fused-ring (bicyclic) bond motifs is 1. The van der Waals surface area contributed by atoms with Gasteiger partial charge in [0.05, 0.1) is 36.5 Å². The second-order valence-corrected chi connectivity index (χ2v) is 11.8. The molecular weight excluding hydrogens is 575 g/mol. The lowest BCUT2D eigenvalue weighted by Crippen LogP contribution is -2.58. The van der Waals surface area contributed by atoms with Gasteiger partial charge in [-0.05, 0) is 50.3 Å². The highest BCUT2D eigenvalue weighted by Gasteiger charge is 2.49. The molecule has 0 bridgehead atoms. The van der Waals surface area contributed by atoms with Gasteiger partial charge < -0.3 is 20.1 Å². The highest BCUT2D eigenvalue weighted by atomic mass is 19.4. The van der Waals surface area contributed by atoms with Crippen molar-refractivity contribution in [1.29, 1.82) is 5.26 Å². The van der Waals surface area contributed by atoms with Gasteiger partial charge >= 0.3 is 6.18 Å². The van der Waals surface area contributed by atoms with Crippen molar-refractivity contribution in [3.63, 3.8) is 0 Å². The zero-order chi connectivity index (χ0) is 30.9. The number of aromatic amines is 1. The summed E-state index contributed by atoms with van der Waals surface area (Å²) in [6, 6.07) is 6.82. The molecule has 0 aromatic carbocycles.